The first kappa shape index (κ1) is 19.0. The van der Waals surface area contributed by atoms with Gasteiger partial charge in [0, 0.05) is 17.9 Å². The largest absolute Gasteiger partial charge is 0.325 e. The van der Waals surface area contributed by atoms with E-state index in [0.717, 1.165) is 36.1 Å². The second-order valence-corrected chi connectivity index (χ2v) is 7.82. The molecule has 0 radical (unpaired) electrons. The van der Waals surface area contributed by atoms with E-state index in [0.29, 0.717) is 6.42 Å². The van der Waals surface area contributed by atoms with Crippen LogP contribution in [0.25, 0.3) is 0 Å². The first-order chi connectivity index (χ1) is 12.7. The van der Waals surface area contributed by atoms with E-state index in [2.05, 4.69) is 40.5 Å². The number of carbonyl (C=O) groups excluding carboxylic acids is 1. The van der Waals surface area contributed by atoms with Gasteiger partial charge in [0.15, 0.2) is 0 Å². The van der Waals surface area contributed by atoms with Crippen molar-refractivity contribution in [3.8, 4) is 0 Å². The third kappa shape index (κ3) is 5.61. The number of carbonyl (C=O) groups is 1. The topological polar surface area (TPSA) is 32.3 Å². The number of hydrogen-bond donors (Lipinski definition) is 1. The number of hydrogen-bond acceptors (Lipinski definition) is 3. The zero-order chi connectivity index (χ0) is 18.2. The Hall–Kier alpha value is -1.78. The molecule has 1 amide bonds. The van der Waals surface area contributed by atoms with Crippen LogP contribution >= 0.6 is 11.8 Å². The number of nitrogens with one attached hydrogen (secondary N) is 1. The molecule has 2 aromatic rings. The average molecular weight is 369 g/mol. The molecule has 0 atom stereocenters. The SMILES string of the molecule is CSc1ccccc1NC(=O)CCN1CCC(Cc2ccccc2)CC1. The van der Waals surface area contributed by atoms with Crippen molar-refractivity contribution in [2.45, 2.75) is 30.6 Å². The average Bonchev–Trinajstić information content (AvgIpc) is 2.69. The van der Waals surface area contributed by atoms with Crippen LogP contribution in [0.2, 0.25) is 0 Å². The Morgan fingerprint density at radius 2 is 1.77 bits per heavy atom. The second kappa shape index (κ2) is 9.79. The molecule has 2 aromatic carbocycles. The highest BCUT2D eigenvalue weighted by Gasteiger charge is 2.20. The van der Waals surface area contributed by atoms with Gasteiger partial charge in [0.05, 0.1) is 5.69 Å². The van der Waals surface area contributed by atoms with Crippen molar-refractivity contribution in [2.24, 2.45) is 5.92 Å². The van der Waals surface area contributed by atoms with Gasteiger partial charge in [-0.05, 0) is 62.2 Å². The quantitative estimate of drug-likeness (QED) is 0.720. The minimum Gasteiger partial charge on any atom is -0.325 e. The van der Waals surface area contributed by atoms with E-state index in [1.807, 2.05) is 30.5 Å². The zero-order valence-corrected chi connectivity index (χ0v) is 16.3. The molecule has 0 bridgehead atoms. The minimum atomic E-state index is 0.109. The Kier molecular flexibility index (Phi) is 7.15. The lowest BCUT2D eigenvalue weighted by atomic mass is 9.90. The molecule has 0 spiro atoms. The fourth-order valence-electron chi connectivity index (χ4n) is 3.58. The Labute approximate surface area is 161 Å². The Morgan fingerprint density at radius 1 is 1.08 bits per heavy atom. The van der Waals surface area contributed by atoms with Crippen molar-refractivity contribution < 1.29 is 4.79 Å². The Bertz CT molecular complexity index is 696. The number of amides is 1. The number of nitrogens with zero attached hydrogens (tertiary/aromatic N) is 1. The summed E-state index contributed by atoms with van der Waals surface area (Å²) in [5.41, 5.74) is 2.37. The third-order valence-electron chi connectivity index (χ3n) is 5.11. The molecule has 3 rings (SSSR count). The molecule has 1 aliphatic heterocycles. The monoisotopic (exact) mass is 368 g/mol. The van der Waals surface area contributed by atoms with Crippen LogP contribution in [0.15, 0.2) is 59.5 Å². The summed E-state index contributed by atoms with van der Waals surface area (Å²) < 4.78 is 0. The summed E-state index contributed by atoms with van der Waals surface area (Å²) in [6, 6.07) is 18.8. The number of piperidine rings is 1. The molecule has 3 nitrogen and oxygen atoms in total. The molecule has 1 fully saturated rings. The van der Waals surface area contributed by atoms with Crippen LogP contribution in [0.1, 0.15) is 24.8 Å². The van der Waals surface area contributed by atoms with Crippen molar-refractivity contribution in [2.75, 3.05) is 31.2 Å². The van der Waals surface area contributed by atoms with E-state index < -0.39 is 0 Å². The highest BCUT2D eigenvalue weighted by Crippen LogP contribution is 2.25. The molecular formula is C22H28N2OS. The number of likely N-dealkylation sites (tertiary alicyclic amines) is 1. The lowest BCUT2D eigenvalue weighted by Gasteiger charge is -2.31. The van der Waals surface area contributed by atoms with Gasteiger partial charge in [-0.1, -0.05) is 42.5 Å². The Morgan fingerprint density at radius 3 is 2.50 bits per heavy atom. The second-order valence-electron chi connectivity index (χ2n) is 6.97. The third-order valence-corrected chi connectivity index (χ3v) is 5.91. The van der Waals surface area contributed by atoms with Crippen molar-refractivity contribution in [3.63, 3.8) is 0 Å². The predicted molar refractivity (Wildman–Crippen MR) is 111 cm³/mol. The molecule has 0 saturated carbocycles. The molecule has 0 unspecified atom stereocenters. The van der Waals surface area contributed by atoms with Crippen molar-refractivity contribution in [1.29, 1.82) is 0 Å². The van der Waals surface area contributed by atoms with Gasteiger partial charge in [-0.15, -0.1) is 11.8 Å². The van der Waals surface area contributed by atoms with Gasteiger partial charge in [-0.25, -0.2) is 0 Å². The fraction of sp³-hybridized carbons (Fsp3) is 0.409. The number of benzene rings is 2. The number of thioether (sulfide) groups is 1. The maximum absolute atomic E-state index is 12.3. The van der Waals surface area contributed by atoms with Crippen LogP contribution in [0, 0.1) is 5.92 Å². The zero-order valence-electron chi connectivity index (χ0n) is 15.5. The molecule has 4 heteroatoms. The molecular weight excluding hydrogens is 340 g/mol. The molecule has 26 heavy (non-hydrogen) atoms. The summed E-state index contributed by atoms with van der Waals surface area (Å²) in [7, 11) is 0. The summed E-state index contributed by atoms with van der Waals surface area (Å²) in [6.45, 7) is 3.06. The first-order valence-corrected chi connectivity index (χ1v) is 10.7. The van der Waals surface area contributed by atoms with Gasteiger partial charge >= 0.3 is 0 Å². The van der Waals surface area contributed by atoms with E-state index in [1.54, 1.807) is 11.8 Å². The summed E-state index contributed by atoms with van der Waals surface area (Å²) in [5.74, 6) is 0.883. The van der Waals surface area contributed by atoms with Crippen molar-refractivity contribution >= 4 is 23.4 Å². The van der Waals surface area contributed by atoms with Gasteiger partial charge in [0.25, 0.3) is 0 Å². The van der Waals surface area contributed by atoms with Crippen molar-refractivity contribution in [1.82, 2.24) is 4.90 Å². The van der Waals surface area contributed by atoms with E-state index in [1.165, 1.54) is 24.8 Å². The summed E-state index contributed by atoms with van der Waals surface area (Å²) in [5, 5.41) is 3.06. The van der Waals surface area contributed by atoms with Crippen LogP contribution < -0.4 is 5.32 Å². The predicted octanol–water partition coefficient (Wildman–Crippen LogP) is 4.69. The van der Waals surface area contributed by atoms with Gasteiger partial charge in [0.2, 0.25) is 5.91 Å². The van der Waals surface area contributed by atoms with Crippen LogP contribution in [0.3, 0.4) is 0 Å². The summed E-state index contributed by atoms with van der Waals surface area (Å²) >= 11 is 1.66. The number of anilines is 1. The van der Waals surface area contributed by atoms with Gasteiger partial charge in [-0.3, -0.25) is 4.79 Å². The van der Waals surface area contributed by atoms with Crippen LogP contribution in [-0.4, -0.2) is 36.7 Å². The van der Waals surface area contributed by atoms with Crippen LogP contribution in [0.5, 0.6) is 0 Å². The molecule has 1 aliphatic rings. The van der Waals surface area contributed by atoms with Gasteiger partial charge < -0.3 is 10.2 Å². The fourth-order valence-corrected chi connectivity index (χ4v) is 4.14. The number of rotatable bonds is 7. The molecule has 1 N–H and O–H groups in total. The lowest BCUT2D eigenvalue weighted by Crippen LogP contribution is -2.36. The molecule has 0 aliphatic carbocycles. The van der Waals surface area contributed by atoms with Gasteiger partial charge in [0.1, 0.15) is 0 Å². The van der Waals surface area contributed by atoms with Crippen LogP contribution in [0.4, 0.5) is 5.69 Å². The lowest BCUT2D eigenvalue weighted by molar-refractivity contribution is -0.116. The maximum atomic E-state index is 12.3. The minimum absolute atomic E-state index is 0.109. The van der Waals surface area contributed by atoms with Crippen molar-refractivity contribution in [3.05, 3.63) is 60.2 Å². The van der Waals surface area contributed by atoms with Gasteiger partial charge in [-0.2, -0.15) is 0 Å². The molecule has 1 heterocycles. The standard InChI is InChI=1S/C22H28N2OS/c1-26-21-10-6-5-9-20(21)23-22(25)13-16-24-14-11-19(12-15-24)17-18-7-3-2-4-8-18/h2-10,19H,11-17H2,1H3,(H,23,25). The first-order valence-electron chi connectivity index (χ1n) is 9.44. The van der Waals surface area contributed by atoms with E-state index in [9.17, 15) is 4.79 Å². The maximum Gasteiger partial charge on any atom is 0.225 e. The summed E-state index contributed by atoms with van der Waals surface area (Å²) in [6.07, 6.45) is 6.23. The normalized spacial score (nSPS) is 15.7. The smallest absolute Gasteiger partial charge is 0.225 e. The summed E-state index contributed by atoms with van der Waals surface area (Å²) in [4.78, 5) is 15.8. The van der Waals surface area contributed by atoms with Crippen LogP contribution in [-0.2, 0) is 11.2 Å². The van der Waals surface area contributed by atoms with E-state index in [-0.39, 0.29) is 5.91 Å². The highest BCUT2D eigenvalue weighted by atomic mass is 32.2. The van der Waals surface area contributed by atoms with E-state index in [4.69, 9.17) is 0 Å². The molecule has 0 aromatic heterocycles. The van der Waals surface area contributed by atoms with E-state index >= 15 is 0 Å². The Balaban J connectivity index is 1.39. The number of para-hydroxylation sites is 1. The molecule has 138 valence electrons. The highest BCUT2D eigenvalue weighted by molar-refractivity contribution is 7.98. The molecule has 1 saturated heterocycles.